The van der Waals surface area contributed by atoms with E-state index in [1.807, 2.05) is 109 Å². The molecule has 4 aromatic carbocycles. The third-order valence-corrected chi connectivity index (χ3v) is 8.72. The number of aldehydes is 1. The average Bonchev–Trinajstić information content (AvgIpc) is 3.93. The van der Waals surface area contributed by atoms with Crippen molar-refractivity contribution in [3.05, 3.63) is 219 Å². The Labute approximate surface area is 294 Å². The first-order valence-corrected chi connectivity index (χ1v) is 15.9. The van der Waals surface area contributed by atoms with E-state index < -0.39 is 0 Å². The monoisotopic (exact) mass is 676 g/mol. The molecular formula is C43H30N4NiO. The molecule has 0 spiro atoms. The van der Waals surface area contributed by atoms with Crippen LogP contribution < -0.4 is 20.7 Å². The van der Waals surface area contributed by atoms with E-state index in [4.69, 9.17) is 15.0 Å². The fraction of sp³-hybridized carbons (Fsp3) is 0.0233. The third kappa shape index (κ3) is 6.22. The summed E-state index contributed by atoms with van der Waals surface area (Å²) < 4.78 is 0. The fourth-order valence-electron chi connectivity index (χ4n) is 6.48. The Morgan fingerprint density at radius 2 is 1.16 bits per heavy atom. The van der Waals surface area contributed by atoms with Crippen LogP contribution in [0.2, 0.25) is 0 Å². The van der Waals surface area contributed by atoms with Crippen molar-refractivity contribution in [1.82, 2.24) is 15.0 Å². The molecule has 3 aromatic heterocycles. The average molecular weight is 677 g/mol. The summed E-state index contributed by atoms with van der Waals surface area (Å²) in [6.45, 7) is 0. The van der Waals surface area contributed by atoms with E-state index in [2.05, 4.69) is 53.5 Å². The molecule has 7 aromatic rings. The number of aromatic amines is 1. The van der Waals surface area contributed by atoms with Crippen molar-refractivity contribution in [1.29, 1.82) is 0 Å². The quantitative estimate of drug-likeness (QED) is 0.165. The van der Waals surface area contributed by atoms with Gasteiger partial charge in [0.05, 0.1) is 0 Å². The fourth-order valence-corrected chi connectivity index (χ4v) is 6.48. The van der Waals surface area contributed by atoms with Crippen molar-refractivity contribution in [2.45, 2.75) is 5.92 Å². The molecule has 0 fully saturated rings. The van der Waals surface area contributed by atoms with Gasteiger partial charge < -0.3 is 15.0 Å². The van der Waals surface area contributed by atoms with Crippen LogP contribution in [-0.2, 0) is 21.3 Å². The first-order valence-electron chi connectivity index (χ1n) is 15.9. The van der Waals surface area contributed by atoms with Crippen LogP contribution in [0.4, 0.5) is 0 Å². The first kappa shape index (κ1) is 31.6. The second kappa shape index (κ2) is 14.0. The second-order valence-corrected chi connectivity index (χ2v) is 11.7. The van der Waals surface area contributed by atoms with E-state index >= 15 is 0 Å². The van der Waals surface area contributed by atoms with E-state index in [1.165, 1.54) is 0 Å². The summed E-state index contributed by atoms with van der Waals surface area (Å²) in [6.07, 6.45) is 2.57. The van der Waals surface area contributed by atoms with Crippen molar-refractivity contribution < 1.29 is 21.3 Å². The molecule has 4 heterocycles. The van der Waals surface area contributed by atoms with Gasteiger partial charge in [0, 0.05) is 23.5 Å². The van der Waals surface area contributed by atoms with Gasteiger partial charge in [0.2, 0.25) is 0 Å². The standard InChI is InChI=1S/C43H31N4O.Ni/c48-28-40-43(32-19-11-4-12-20-32)39-26-25-38(47-39)42(31-17-9-3-10-18-31)37-24-23-36(46-37)41(30-15-7-2-8-16-30)35-22-21-34(45-35)33(27-44-40)29-13-5-1-6-14-29;/h1-28,42H,(H2-,44,45,46,47,48);/q-1;+2/p-1. The molecule has 49 heavy (non-hydrogen) atoms. The molecule has 1 aliphatic heterocycles. The zero-order valence-corrected chi connectivity index (χ0v) is 27.3. The van der Waals surface area contributed by atoms with Gasteiger partial charge in [0.25, 0.3) is 0 Å². The van der Waals surface area contributed by atoms with Gasteiger partial charge in [0.15, 0.2) is 6.29 Å². The number of carbonyl (C=O) groups is 1. The largest absolute Gasteiger partial charge is 2.00 e. The smallest absolute Gasteiger partial charge is 0.660 e. The number of hydrogen-bond donors (Lipinski definition) is 1. The Morgan fingerprint density at radius 1 is 0.571 bits per heavy atom. The minimum Gasteiger partial charge on any atom is -0.660 e. The summed E-state index contributed by atoms with van der Waals surface area (Å²) in [7, 11) is 0. The Kier molecular flexibility index (Phi) is 9.05. The molecule has 238 valence electrons. The molecule has 0 saturated carbocycles. The minimum absolute atomic E-state index is 0. The summed E-state index contributed by atoms with van der Waals surface area (Å²) >= 11 is 0. The number of carbonyl (C=O) groups excluding carboxylic acids is 1. The summed E-state index contributed by atoms with van der Waals surface area (Å²) in [6, 6.07) is 53.0. The number of nitrogens with zero attached hydrogens (tertiary/aromatic N) is 3. The summed E-state index contributed by atoms with van der Waals surface area (Å²) in [5, 5.41) is 1.59. The van der Waals surface area contributed by atoms with Crippen LogP contribution >= 0.6 is 0 Å². The van der Waals surface area contributed by atoms with Crippen LogP contribution in [-0.4, -0.2) is 17.5 Å². The number of aromatic nitrogens is 3. The van der Waals surface area contributed by atoms with Crippen LogP contribution in [0.5, 0.6) is 0 Å². The van der Waals surface area contributed by atoms with Gasteiger partial charge in [-0.15, -0.1) is 22.1 Å². The van der Waals surface area contributed by atoms with Gasteiger partial charge in [0.1, 0.15) is 5.70 Å². The molecule has 0 saturated heterocycles. The molecule has 5 nitrogen and oxygen atoms in total. The van der Waals surface area contributed by atoms with Crippen molar-refractivity contribution in [2.24, 2.45) is 4.99 Å². The molecule has 6 bridgehead atoms. The van der Waals surface area contributed by atoms with Crippen molar-refractivity contribution >= 4 is 29.2 Å². The third-order valence-electron chi connectivity index (χ3n) is 8.72. The molecule has 1 N–H and O–H groups in total. The van der Waals surface area contributed by atoms with E-state index in [1.54, 1.807) is 6.21 Å². The Bertz CT molecular complexity index is 2400. The van der Waals surface area contributed by atoms with Gasteiger partial charge in [-0.1, -0.05) is 146 Å². The zero-order valence-electron chi connectivity index (χ0n) is 26.3. The summed E-state index contributed by atoms with van der Waals surface area (Å²) in [4.78, 5) is 32.0. The van der Waals surface area contributed by atoms with E-state index in [9.17, 15) is 4.79 Å². The maximum atomic E-state index is 12.9. The van der Waals surface area contributed by atoms with Gasteiger partial charge in [-0.05, 0) is 51.1 Å². The number of rotatable bonds is 5. The molecule has 6 heteroatoms. The van der Waals surface area contributed by atoms with E-state index in [0.717, 1.165) is 67.5 Å². The van der Waals surface area contributed by atoms with Crippen molar-refractivity contribution in [3.8, 4) is 0 Å². The molecular weight excluding hydrogens is 647 g/mol. The number of H-pyrrole nitrogens is 1. The maximum Gasteiger partial charge on any atom is 2.00 e. The number of fused-ring (bicyclic) bond motifs is 6. The Balaban J connectivity index is 0.00000378. The van der Waals surface area contributed by atoms with Crippen LogP contribution in [0.3, 0.4) is 0 Å². The number of benzene rings is 4. The number of aliphatic imine (C=N–C) groups is 1. The molecule has 1 unspecified atom stereocenters. The first-order chi connectivity index (χ1) is 23.8. The van der Waals surface area contributed by atoms with Crippen LogP contribution in [0.25, 0.3) is 16.7 Å². The van der Waals surface area contributed by atoms with Gasteiger partial charge in [-0.3, -0.25) is 9.79 Å². The van der Waals surface area contributed by atoms with E-state index in [-0.39, 0.29) is 28.1 Å². The van der Waals surface area contributed by atoms with Gasteiger partial charge in [-0.2, -0.15) is 0 Å². The minimum atomic E-state index is -0.181. The Morgan fingerprint density at radius 3 is 1.82 bits per heavy atom. The molecule has 8 rings (SSSR count). The molecule has 1 aliphatic rings. The maximum absolute atomic E-state index is 12.9. The summed E-state index contributed by atoms with van der Waals surface area (Å²) in [5.41, 5.74) is 10.2. The van der Waals surface area contributed by atoms with Crippen LogP contribution in [0.15, 0.2) is 168 Å². The Hall–Kier alpha value is -5.97. The molecule has 0 amide bonds. The predicted octanol–water partition coefficient (Wildman–Crippen LogP) is 6.60. The normalized spacial score (nSPS) is 18.7. The number of allylic oxidation sites excluding steroid dienone is 1. The zero-order chi connectivity index (χ0) is 32.3. The van der Waals surface area contributed by atoms with Crippen LogP contribution in [0.1, 0.15) is 50.9 Å². The summed E-state index contributed by atoms with van der Waals surface area (Å²) in [5.74, 6) is -0.181. The topological polar surface area (TPSA) is 73.4 Å². The molecule has 1 atom stereocenters. The number of hydrogen-bond acceptors (Lipinski definition) is 2. The van der Waals surface area contributed by atoms with Gasteiger partial charge in [-0.25, -0.2) is 0 Å². The van der Waals surface area contributed by atoms with Crippen LogP contribution in [0, 0.1) is 0 Å². The van der Waals surface area contributed by atoms with Crippen molar-refractivity contribution in [2.75, 3.05) is 0 Å². The van der Waals surface area contributed by atoms with Crippen molar-refractivity contribution in [3.63, 3.8) is 0 Å². The predicted molar refractivity (Wildman–Crippen MR) is 191 cm³/mol. The SMILES string of the molecule is O=CC1=C(\c2ccccc2)c2ccc([n-]2)C(c2ccccc2)c2ccc([nH]2)/C(c2ccccc2)=c2/cc\c([n-]2)=C(c2ccccc2)/C=N\1.[Ni+2]. The molecule has 0 radical (unpaired) electrons. The number of nitrogens with one attached hydrogen (secondary N) is 1. The second-order valence-electron chi connectivity index (χ2n) is 11.7. The van der Waals surface area contributed by atoms with Gasteiger partial charge >= 0.3 is 16.5 Å². The van der Waals surface area contributed by atoms with E-state index in [0.29, 0.717) is 11.3 Å². The molecule has 0 aliphatic carbocycles.